The molecule has 0 fully saturated rings. The molecule has 1 unspecified atom stereocenters. The monoisotopic (exact) mass is 343 g/mol. The molecule has 0 bridgehead atoms. The summed E-state index contributed by atoms with van der Waals surface area (Å²) >= 11 is 3.60. The maximum absolute atomic E-state index is 6.02. The molecule has 0 radical (unpaired) electrons. The van der Waals surface area contributed by atoms with Crippen molar-refractivity contribution in [3.63, 3.8) is 0 Å². The SMILES string of the molecule is CNC(c1ccc(C)c(Br)c1)c1cc2cc(C)ccc2o1. The fraction of sp³-hybridized carbons (Fsp3) is 0.222. The Morgan fingerprint density at radius 1 is 1.05 bits per heavy atom. The molecule has 2 aromatic carbocycles. The highest BCUT2D eigenvalue weighted by atomic mass is 79.9. The van der Waals surface area contributed by atoms with Gasteiger partial charge in [-0.3, -0.25) is 0 Å². The van der Waals surface area contributed by atoms with E-state index in [0.29, 0.717) is 0 Å². The maximum Gasteiger partial charge on any atom is 0.134 e. The molecule has 0 saturated heterocycles. The van der Waals surface area contributed by atoms with Gasteiger partial charge in [-0.2, -0.15) is 0 Å². The Balaban J connectivity index is 2.06. The molecule has 3 rings (SSSR count). The van der Waals surface area contributed by atoms with Gasteiger partial charge >= 0.3 is 0 Å². The molecule has 1 N–H and O–H groups in total. The first-order valence-electron chi connectivity index (χ1n) is 7.02. The number of aryl methyl sites for hydroxylation is 2. The van der Waals surface area contributed by atoms with E-state index in [0.717, 1.165) is 21.2 Å². The average molecular weight is 344 g/mol. The molecule has 3 heteroatoms. The predicted octanol–water partition coefficient (Wildman–Crippen LogP) is 5.12. The Bertz CT molecular complexity index is 791. The van der Waals surface area contributed by atoms with Crippen molar-refractivity contribution in [3.05, 3.63) is 69.4 Å². The van der Waals surface area contributed by atoms with E-state index in [1.165, 1.54) is 16.7 Å². The number of furan rings is 1. The lowest BCUT2D eigenvalue weighted by Crippen LogP contribution is -2.17. The minimum absolute atomic E-state index is 0.0506. The third-order valence-electron chi connectivity index (χ3n) is 3.79. The zero-order valence-electron chi connectivity index (χ0n) is 12.4. The number of hydrogen-bond donors (Lipinski definition) is 1. The van der Waals surface area contributed by atoms with Crippen LogP contribution in [0.5, 0.6) is 0 Å². The second kappa shape index (κ2) is 5.66. The van der Waals surface area contributed by atoms with Gasteiger partial charge in [0, 0.05) is 9.86 Å². The highest BCUT2D eigenvalue weighted by molar-refractivity contribution is 9.10. The number of rotatable bonds is 3. The van der Waals surface area contributed by atoms with Crippen LogP contribution < -0.4 is 5.32 Å². The Hall–Kier alpha value is -1.58. The fourth-order valence-electron chi connectivity index (χ4n) is 2.59. The first kappa shape index (κ1) is 14.4. The lowest BCUT2D eigenvalue weighted by Gasteiger charge is -2.15. The normalized spacial score (nSPS) is 12.8. The van der Waals surface area contributed by atoms with Crippen LogP contribution in [-0.2, 0) is 0 Å². The van der Waals surface area contributed by atoms with E-state index in [-0.39, 0.29) is 6.04 Å². The van der Waals surface area contributed by atoms with Crippen LogP contribution in [0.1, 0.15) is 28.5 Å². The summed E-state index contributed by atoms with van der Waals surface area (Å²) in [5.41, 5.74) is 4.59. The van der Waals surface area contributed by atoms with Gasteiger partial charge in [0.15, 0.2) is 0 Å². The quantitative estimate of drug-likeness (QED) is 0.713. The molecule has 0 saturated carbocycles. The van der Waals surface area contributed by atoms with E-state index in [4.69, 9.17) is 4.42 Å². The fourth-order valence-corrected chi connectivity index (χ4v) is 2.98. The lowest BCUT2D eigenvalue weighted by molar-refractivity contribution is 0.491. The van der Waals surface area contributed by atoms with Crippen molar-refractivity contribution in [2.45, 2.75) is 19.9 Å². The molecule has 1 heterocycles. The summed E-state index contributed by atoms with van der Waals surface area (Å²) in [7, 11) is 1.96. The van der Waals surface area contributed by atoms with E-state index in [1.807, 2.05) is 13.1 Å². The van der Waals surface area contributed by atoms with Gasteiger partial charge in [-0.25, -0.2) is 0 Å². The Labute approximate surface area is 133 Å². The largest absolute Gasteiger partial charge is 0.459 e. The molecule has 108 valence electrons. The first-order chi connectivity index (χ1) is 10.1. The van der Waals surface area contributed by atoms with Crippen LogP contribution in [0.2, 0.25) is 0 Å². The van der Waals surface area contributed by atoms with Gasteiger partial charge in [0.05, 0.1) is 6.04 Å². The molecular formula is C18H18BrNO. The lowest BCUT2D eigenvalue weighted by atomic mass is 10.0. The second-order valence-corrected chi connectivity index (χ2v) is 6.27. The summed E-state index contributed by atoms with van der Waals surface area (Å²) in [6.07, 6.45) is 0. The summed E-state index contributed by atoms with van der Waals surface area (Å²) in [6, 6.07) is 14.8. The minimum atomic E-state index is 0.0506. The minimum Gasteiger partial charge on any atom is -0.459 e. The van der Waals surface area contributed by atoms with E-state index in [2.05, 4.69) is 71.5 Å². The third kappa shape index (κ3) is 2.76. The average Bonchev–Trinajstić information content (AvgIpc) is 2.86. The summed E-state index contributed by atoms with van der Waals surface area (Å²) in [6.45, 7) is 4.19. The van der Waals surface area contributed by atoms with E-state index in [1.54, 1.807) is 0 Å². The molecule has 0 aliphatic heterocycles. The Morgan fingerprint density at radius 2 is 1.86 bits per heavy atom. The molecule has 0 amide bonds. The number of fused-ring (bicyclic) bond motifs is 1. The van der Waals surface area contributed by atoms with Crippen molar-refractivity contribution in [2.75, 3.05) is 7.05 Å². The van der Waals surface area contributed by atoms with Gasteiger partial charge in [-0.1, -0.05) is 39.7 Å². The molecule has 1 atom stereocenters. The molecule has 0 aliphatic carbocycles. The third-order valence-corrected chi connectivity index (χ3v) is 4.65. The molecule has 0 spiro atoms. The summed E-state index contributed by atoms with van der Waals surface area (Å²) in [5.74, 6) is 0.939. The van der Waals surface area contributed by atoms with Crippen molar-refractivity contribution >= 4 is 26.9 Å². The highest BCUT2D eigenvalue weighted by Gasteiger charge is 2.17. The molecular weight excluding hydrogens is 326 g/mol. The van der Waals surface area contributed by atoms with Crippen molar-refractivity contribution < 1.29 is 4.42 Å². The molecule has 1 aromatic heterocycles. The zero-order valence-corrected chi connectivity index (χ0v) is 14.0. The van der Waals surface area contributed by atoms with E-state index >= 15 is 0 Å². The number of hydrogen-bond acceptors (Lipinski definition) is 2. The summed E-state index contributed by atoms with van der Waals surface area (Å²) < 4.78 is 7.14. The number of halogens is 1. The van der Waals surface area contributed by atoms with Crippen molar-refractivity contribution in [1.29, 1.82) is 0 Å². The molecule has 21 heavy (non-hydrogen) atoms. The number of nitrogens with one attached hydrogen (secondary N) is 1. The van der Waals surface area contributed by atoms with Gasteiger partial charge in [-0.15, -0.1) is 0 Å². The number of benzene rings is 2. The van der Waals surface area contributed by atoms with Crippen LogP contribution in [0.3, 0.4) is 0 Å². The van der Waals surface area contributed by atoms with Crippen LogP contribution in [0.4, 0.5) is 0 Å². The second-order valence-electron chi connectivity index (χ2n) is 5.42. The van der Waals surface area contributed by atoms with E-state index < -0.39 is 0 Å². The van der Waals surface area contributed by atoms with Crippen molar-refractivity contribution in [3.8, 4) is 0 Å². The van der Waals surface area contributed by atoms with Crippen LogP contribution >= 0.6 is 15.9 Å². The molecule has 0 aliphatic rings. The maximum atomic E-state index is 6.02. The molecule has 3 aromatic rings. The zero-order chi connectivity index (χ0) is 15.0. The van der Waals surface area contributed by atoms with Gasteiger partial charge in [0.25, 0.3) is 0 Å². The van der Waals surface area contributed by atoms with E-state index in [9.17, 15) is 0 Å². The van der Waals surface area contributed by atoms with Crippen molar-refractivity contribution in [1.82, 2.24) is 5.32 Å². The Kier molecular flexibility index (Phi) is 3.87. The smallest absolute Gasteiger partial charge is 0.134 e. The first-order valence-corrected chi connectivity index (χ1v) is 7.81. The van der Waals surface area contributed by atoms with Crippen molar-refractivity contribution in [2.24, 2.45) is 0 Å². The highest BCUT2D eigenvalue weighted by Crippen LogP contribution is 2.30. The van der Waals surface area contributed by atoms with Gasteiger partial charge in [0.1, 0.15) is 11.3 Å². The molecule has 2 nitrogen and oxygen atoms in total. The standard InChI is InChI=1S/C18H18BrNO/c1-11-4-7-16-14(8-11)10-17(21-16)18(20-3)13-6-5-12(2)15(19)9-13/h4-10,18,20H,1-3H3. The topological polar surface area (TPSA) is 25.2 Å². The van der Waals surface area contributed by atoms with Crippen LogP contribution in [0, 0.1) is 13.8 Å². The van der Waals surface area contributed by atoms with Gasteiger partial charge in [-0.05, 0) is 56.3 Å². The van der Waals surface area contributed by atoms with Gasteiger partial charge < -0.3 is 9.73 Å². The van der Waals surface area contributed by atoms with Crippen LogP contribution in [0.25, 0.3) is 11.0 Å². The predicted molar refractivity (Wildman–Crippen MR) is 90.7 cm³/mol. The van der Waals surface area contributed by atoms with Crippen LogP contribution in [-0.4, -0.2) is 7.05 Å². The Morgan fingerprint density at radius 3 is 2.57 bits per heavy atom. The summed E-state index contributed by atoms with van der Waals surface area (Å²) in [4.78, 5) is 0. The summed E-state index contributed by atoms with van der Waals surface area (Å²) in [5, 5.41) is 4.49. The van der Waals surface area contributed by atoms with Gasteiger partial charge in [0.2, 0.25) is 0 Å². The van der Waals surface area contributed by atoms with Crippen LogP contribution in [0.15, 0.2) is 51.4 Å².